The van der Waals surface area contributed by atoms with Crippen LogP contribution in [0.15, 0.2) is 18.2 Å². The van der Waals surface area contributed by atoms with Gasteiger partial charge in [0.05, 0.1) is 0 Å². The number of halogens is 1. The second kappa shape index (κ2) is 4.16. The Hall–Kier alpha value is -1.18. The van der Waals surface area contributed by atoms with Crippen LogP contribution in [-0.2, 0) is 11.2 Å². The molecule has 4 rings (SSSR count). The minimum Gasteiger partial charge on any atom is -0.299 e. The Bertz CT molecular complexity index is 579. The highest BCUT2D eigenvalue weighted by Crippen LogP contribution is 2.59. The van der Waals surface area contributed by atoms with Crippen molar-refractivity contribution in [1.82, 2.24) is 0 Å². The lowest BCUT2D eigenvalue weighted by Crippen LogP contribution is -2.42. The molecule has 4 atom stereocenters. The molecular weight excluding hydrogens is 251 g/mol. The molecule has 2 saturated carbocycles. The van der Waals surface area contributed by atoms with Crippen molar-refractivity contribution in [1.29, 1.82) is 0 Å². The van der Waals surface area contributed by atoms with Crippen molar-refractivity contribution in [3.63, 3.8) is 0 Å². The summed E-state index contributed by atoms with van der Waals surface area (Å²) in [6.07, 6.45) is 5.78. The van der Waals surface area contributed by atoms with Crippen molar-refractivity contribution < 1.29 is 9.18 Å². The lowest BCUT2D eigenvalue weighted by Gasteiger charge is -2.48. The van der Waals surface area contributed by atoms with Crippen LogP contribution < -0.4 is 0 Å². The van der Waals surface area contributed by atoms with Crippen LogP contribution in [0.25, 0.3) is 0 Å². The highest BCUT2D eigenvalue weighted by molar-refractivity contribution is 5.87. The molecule has 20 heavy (non-hydrogen) atoms. The van der Waals surface area contributed by atoms with Crippen molar-refractivity contribution in [3.05, 3.63) is 35.1 Å². The number of hydrogen-bond donors (Lipinski definition) is 0. The molecule has 4 unspecified atom stereocenters. The largest absolute Gasteiger partial charge is 0.299 e. The number of carbonyl (C=O) groups is 1. The highest BCUT2D eigenvalue weighted by atomic mass is 19.1. The average Bonchev–Trinajstić information content (AvgIpc) is 2.75. The fraction of sp³-hybridized carbons (Fsp3) is 0.611. The van der Waals surface area contributed by atoms with E-state index >= 15 is 0 Å². The molecule has 2 heteroatoms. The normalized spacial score (nSPS) is 39.1. The van der Waals surface area contributed by atoms with Gasteiger partial charge in [-0.25, -0.2) is 4.39 Å². The van der Waals surface area contributed by atoms with Gasteiger partial charge >= 0.3 is 0 Å². The molecule has 106 valence electrons. The van der Waals surface area contributed by atoms with E-state index < -0.39 is 0 Å². The van der Waals surface area contributed by atoms with E-state index in [-0.39, 0.29) is 11.2 Å². The van der Waals surface area contributed by atoms with E-state index in [1.807, 2.05) is 6.07 Å². The van der Waals surface area contributed by atoms with E-state index in [1.54, 1.807) is 6.07 Å². The van der Waals surface area contributed by atoms with Crippen molar-refractivity contribution >= 4 is 5.78 Å². The molecule has 1 aromatic carbocycles. The first-order valence-corrected chi connectivity index (χ1v) is 7.92. The van der Waals surface area contributed by atoms with E-state index in [0.29, 0.717) is 23.5 Å². The van der Waals surface area contributed by atoms with Gasteiger partial charge in [0.2, 0.25) is 0 Å². The van der Waals surface area contributed by atoms with Crippen LogP contribution >= 0.6 is 0 Å². The van der Waals surface area contributed by atoms with Crippen LogP contribution in [0.4, 0.5) is 4.39 Å². The fourth-order valence-corrected chi connectivity index (χ4v) is 5.34. The lowest BCUT2D eigenvalue weighted by atomic mass is 9.55. The van der Waals surface area contributed by atoms with Crippen LogP contribution in [0.2, 0.25) is 0 Å². The average molecular weight is 272 g/mol. The van der Waals surface area contributed by atoms with Gasteiger partial charge in [-0.05, 0) is 67.1 Å². The maximum Gasteiger partial charge on any atom is 0.139 e. The second-order valence-corrected chi connectivity index (χ2v) is 7.14. The Morgan fingerprint density at radius 3 is 2.90 bits per heavy atom. The van der Waals surface area contributed by atoms with E-state index in [0.717, 1.165) is 44.1 Å². The summed E-state index contributed by atoms with van der Waals surface area (Å²) in [5, 5.41) is 0. The first-order chi connectivity index (χ1) is 9.61. The molecule has 0 heterocycles. The van der Waals surface area contributed by atoms with Crippen LogP contribution in [0.3, 0.4) is 0 Å². The predicted octanol–water partition coefficient (Wildman–Crippen LogP) is 4.25. The zero-order chi connectivity index (χ0) is 13.9. The second-order valence-electron chi connectivity index (χ2n) is 7.14. The van der Waals surface area contributed by atoms with Gasteiger partial charge in [0, 0.05) is 11.8 Å². The SMILES string of the molecule is CC12CCC3c4cccc(F)c4CCC3C1CCC2=O. The molecule has 0 aliphatic heterocycles. The van der Waals surface area contributed by atoms with E-state index in [4.69, 9.17) is 0 Å². The Balaban J connectivity index is 1.75. The summed E-state index contributed by atoms with van der Waals surface area (Å²) in [5.41, 5.74) is 2.11. The predicted molar refractivity (Wildman–Crippen MR) is 76.0 cm³/mol. The number of hydrogen-bond acceptors (Lipinski definition) is 1. The maximum absolute atomic E-state index is 14.0. The van der Waals surface area contributed by atoms with E-state index in [2.05, 4.69) is 13.0 Å². The van der Waals surface area contributed by atoms with Crippen LogP contribution in [0.1, 0.15) is 56.1 Å². The van der Waals surface area contributed by atoms with Crippen molar-refractivity contribution in [2.45, 2.75) is 51.4 Å². The molecule has 0 spiro atoms. The number of benzene rings is 1. The third kappa shape index (κ3) is 1.51. The third-order valence-corrected chi connectivity index (χ3v) is 6.43. The van der Waals surface area contributed by atoms with E-state index in [1.165, 1.54) is 5.56 Å². The van der Waals surface area contributed by atoms with Crippen molar-refractivity contribution in [2.75, 3.05) is 0 Å². The minimum absolute atomic E-state index is 0.0308. The smallest absolute Gasteiger partial charge is 0.139 e. The van der Waals surface area contributed by atoms with Gasteiger partial charge in [-0.15, -0.1) is 0 Å². The molecule has 0 aromatic heterocycles. The number of ketones is 1. The molecule has 0 bridgehead atoms. The molecular formula is C18H21FO. The van der Waals surface area contributed by atoms with Gasteiger partial charge in [0.15, 0.2) is 0 Å². The molecule has 0 amide bonds. The Morgan fingerprint density at radius 1 is 1.20 bits per heavy atom. The molecule has 1 aromatic rings. The topological polar surface area (TPSA) is 17.1 Å². The van der Waals surface area contributed by atoms with Gasteiger partial charge in [0.1, 0.15) is 11.6 Å². The minimum atomic E-state index is -0.0774. The molecule has 2 fully saturated rings. The maximum atomic E-state index is 14.0. The molecule has 0 saturated heterocycles. The summed E-state index contributed by atoms with van der Waals surface area (Å²) in [4.78, 5) is 12.2. The lowest BCUT2D eigenvalue weighted by molar-refractivity contribution is -0.129. The standard InChI is InChI=1S/C18H21FO/c1-18-10-9-12-11-3-2-4-16(19)14(11)6-5-13(12)15(18)7-8-17(18)20/h2-4,12-13,15H,5-10H2,1H3. The summed E-state index contributed by atoms with van der Waals surface area (Å²) in [6.45, 7) is 2.18. The molecule has 1 nitrogen and oxygen atoms in total. The van der Waals surface area contributed by atoms with Crippen LogP contribution in [-0.4, -0.2) is 5.78 Å². The van der Waals surface area contributed by atoms with Gasteiger partial charge in [-0.3, -0.25) is 4.79 Å². The van der Waals surface area contributed by atoms with Gasteiger partial charge in [-0.2, -0.15) is 0 Å². The van der Waals surface area contributed by atoms with Gasteiger partial charge in [-0.1, -0.05) is 19.1 Å². The zero-order valence-corrected chi connectivity index (χ0v) is 12.0. The quantitative estimate of drug-likeness (QED) is 0.690. The first-order valence-electron chi connectivity index (χ1n) is 7.92. The summed E-state index contributed by atoms with van der Waals surface area (Å²) in [6, 6.07) is 5.56. The first kappa shape index (κ1) is 12.6. The summed E-state index contributed by atoms with van der Waals surface area (Å²) >= 11 is 0. The van der Waals surface area contributed by atoms with Crippen LogP contribution in [0.5, 0.6) is 0 Å². The molecule has 0 radical (unpaired) electrons. The van der Waals surface area contributed by atoms with Gasteiger partial charge in [0.25, 0.3) is 0 Å². The Labute approximate surface area is 119 Å². The number of carbonyl (C=O) groups excluding carboxylic acids is 1. The highest BCUT2D eigenvalue weighted by Gasteiger charge is 2.54. The molecule has 3 aliphatic carbocycles. The van der Waals surface area contributed by atoms with Gasteiger partial charge < -0.3 is 0 Å². The number of Topliss-reactive ketones (excluding diaryl/α,β-unsaturated/α-hetero) is 1. The number of fused-ring (bicyclic) bond motifs is 5. The van der Waals surface area contributed by atoms with E-state index in [9.17, 15) is 9.18 Å². The third-order valence-electron chi connectivity index (χ3n) is 6.43. The molecule has 0 N–H and O–H groups in total. The van der Waals surface area contributed by atoms with Crippen molar-refractivity contribution in [3.8, 4) is 0 Å². The molecule has 3 aliphatic rings. The summed E-state index contributed by atoms with van der Waals surface area (Å²) in [7, 11) is 0. The summed E-state index contributed by atoms with van der Waals surface area (Å²) < 4.78 is 14.0. The fourth-order valence-electron chi connectivity index (χ4n) is 5.34. The zero-order valence-electron chi connectivity index (χ0n) is 12.0. The Kier molecular flexibility index (Phi) is 2.61. The summed E-state index contributed by atoms with van der Waals surface area (Å²) in [5.74, 6) is 2.06. The Morgan fingerprint density at radius 2 is 2.05 bits per heavy atom. The van der Waals surface area contributed by atoms with Crippen LogP contribution in [0, 0.1) is 23.1 Å². The number of rotatable bonds is 0. The van der Waals surface area contributed by atoms with Crippen molar-refractivity contribution in [2.24, 2.45) is 17.3 Å². The monoisotopic (exact) mass is 272 g/mol.